The van der Waals surface area contributed by atoms with Crippen LogP contribution in [0.5, 0.6) is 0 Å². The first-order valence-corrected chi connectivity index (χ1v) is 37.2. The number of hydrogen-bond acceptors (Lipinski definition) is 0. The Morgan fingerprint density at radius 2 is 0.130 bits per heavy atom. The van der Waals surface area contributed by atoms with E-state index in [1.807, 2.05) is 0 Å². The van der Waals surface area contributed by atoms with E-state index in [9.17, 15) is 0 Å². The Balaban J connectivity index is 0.789. The quantitative estimate of drug-likeness (QED) is 0.142. The summed E-state index contributed by atoms with van der Waals surface area (Å²) in [6.45, 7) is 0. The molecule has 0 amide bonds. The number of hydrogen-bond donors (Lipinski definition) is 0. The SMILES string of the molecule is C1=Cc2ccc(cc2)-c2cc3cc(c2)-c2ccc(cc2)/C=C\c2ccc(cc2)-c2cc4cc(c2)-c2ccc(cc2)/C=C/c2ccc(cc2)-c2cc(cc(c2)-c2ccc(cc2)/C=C\c2ccc-3cc2)-c2ccc(cc2)C=Cc2ccc(cc2)-c2cc(cc(c2)-c2ccc(cc2)/C=C\c2ccc-4cc2)-c2ccc1cc2. The van der Waals surface area contributed by atoms with Gasteiger partial charge in [-0.2, -0.15) is 0 Å². The van der Waals surface area contributed by atoms with Crippen molar-refractivity contribution in [1.82, 2.24) is 0 Å². The van der Waals surface area contributed by atoms with Crippen molar-refractivity contribution in [3.63, 3.8) is 0 Å². The van der Waals surface area contributed by atoms with Crippen molar-refractivity contribution >= 4 is 72.9 Å². The highest BCUT2D eigenvalue weighted by Gasteiger charge is 2.15. The van der Waals surface area contributed by atoms with Gasteiger partial charge in [0.15, 0.2) is 0 Å². The van der Waals surface area contributed by atoms with Gasteiger partial charge in [0, 0.05) is 0 Å². The van der Waals surface area contributed by atoms with E-state index in [1.54, 1.807) is 0 Å². The molecule has 0 heterocycles. The second-order valence-electron chi connectivity index (χ2n) is 28.7. The third-order valence-corrected chi connectivity index (χ3v) is 21.5. The summed E-state index contributed by atoms with van der Waals surface area (Å²) >= 11 is 0. The molecular formula is C108H72. The molecular weight excluding hydrogens is 1300 g/mol. The van der Waals surface area contributed by atoms with E-state index in [0.29, 0.717) is 0 Å². The minimum absolute atomic E-state index is 1.13. The largest absolute Gasteiger partial charge is 0.0544 e. The predicted octanol–water partition coefficient (Wildman–Crippen LogP) is 29.7. The van der Waals surface area contributed by atoms with E-state index >= 15 is 0 Å². The summed E-state index contributed by atoms with van der Waals surface area (Å²) in [5, 5.41) is 0. The van der Waals surface area contributed by atoms with Gasteiger partial charge in [-0.05, 0) is 273 Å². The van der Waals surface area contributed by atoms with E-state index in [2.05, 4.69) is 437 Å². The van der Waals surface area contributed by atoms with Crippen LogP contribution in [0.2, 0.25) is 0 Å². The molecule has 16 aromatic carbocycles. The molecule has 108 heavy (non-hydrogen) atoms. The topological polar surface area (TPSA) is 0 Å². The molecule has 56 rings (SSSR count). The first kappa shape index (κ1) is 64.8. The fourth-order valence-electron chi connectivity index (χ4n) is 15.1. The molecule has 0 spiro atoms. The summed E-state index contributed by atoms with van der Waals surface area (Å²) in [4.78, 5) is 0. The fourth-order valence-corrected chi connectivity index (χ4v) is 15.1. The third kappa shape index (κ3) is 14.1. The zero-order chi connectivity index (χ0) is 71.7. The number of rotatable bonds is 0. The van der Waals surface area contributed by atoms with Gasteiger partial charge in [0.25, 0.3) is 0 Å². The van der Waals surface area contributed by atoms with Crippen LogP contribution in [0, 0.1) is 0 Å². The van der Waals surface area contributed by atoms with E-state index in [0.717, 1.165) is 200 Å². The van der Waals surface area contributed by atoms with Gasteiger partial charge in [0.05, 0.1) is 0 Å². The summed E-state index contributed by atoms with van der Waals surface area (Å²) in [7, 11) is 0. The van der Waals surface area contributed by atoms with Crippen LogP contribution < -0.4 is 0 Å². The molecule has 0 fully saturated rings. The molecule has 36 bridgehead atoms. The maximum Gasteiger partial charge on any atom is -0.0172 e. The van der Waals surface area contributed by atoms with Gasteiger partial charge in [-0.1, -0.05) is 364 Å². The Morgan fingerprint density at radius 1 is 0.0648 bits per heavy atom. The predicted molar refractivity (Wildman–Crippen MR) is 465 cm³/mol. The van der Waals surface area contributed by atoms with Crippen LogP contribution >= 0.6 is 0 Å². The molecule has 16 aromatic rings. The van der Waals surface area contributed by atoms with Crippen molar-refractivity contribution in [2.75, 3.05) is 0 Å². The Morgan fingerprint density at radius 3 is 0.194 bits per heavy atom. The lowest BCUT2D eigenvalue weighted by Gasteiger charge is -2.12. The average molecular weight is 1370 g/mol. The lowest BCUT2D eigenvalue weighted by atomic mass is 9.92. The average Bonchev–Trinajstić information content (AvgIpc) is 0.811. The smallest absolute Gasteiger partial charge is 0.0172 e. The van der Waals surface area contributed by atoms with Crippen LogP contribution in [-0.2, 0) is 0 Å². The second kappa shape index (κ2) is 28.5. The first-order chi connectivity index (χ1) is 53.3. The summed E-state index contributed by atoms with van der Waals surface area (Å²) in [5.41, 5.74) is 41.4. The summed E-state index contributed by atoms with van der Waals surface area (Å²) in [5.74, 6) is 0. The van der Waals surface area contributed by atoms with Gasteiger partial charge >= 0.3 is 0 Å². The minimum atomic E-state index is 1.13. The highest BCUT2D eigenvalue weighted by molar-refractivity contribution is 5.90. The van der Waals surface area contributed by atoms with Crippen molar-refractivity contribution in [2.24, 2.45) is 0 Å². The van der Waals surface area contributed by atoms with Crippen molar-refractivity contribution in [1.29, 1.82) is 0 Å². The highest BCUT2D eigenvalue weighted by atomic mass is 14.2. The van der Waals surface area contributed by atoms with Crippen LogP contribution in [0.15, 0.2) is 364 Å². The van der Waals surface area contributed by atoms with Gasteiger partial charge in [-0.15, -0.1) is 0 Å². The van der Waals surface area contributed by atoms with E-state index in [1.165, 1.54) is 0 Å². The lowest BCUT2D eigenvalue weighted by molar-refractivity contribution is 1.55. The Labute approximate surface area is 633 Å². The van der Waals surface area contributed by atoms with E-state index < -0.39 is 0 Å². The molecule has 0 saturated heterocycles. The van der Waals surface area contributed by atoms with Gasteiger partial charge in [-0.3, -0.25) is 0 Å². The molecule has 0 nitrogen and oxygen atoms in total. The normalized spacial score (nSPS) is 13.4. The van der Waals surface area contributed by atoms with Crippen molar-refractivity contribution < 1.29 is 0 Å². The molecule has 0 saturated carbocycles. The molecule has 504 valence electrons. The highest BCUT2D eigenvalue weighted by Crippen LogP contribution is 2.40. The van der Waals surface area contributed by atoms with Crippen molar-refractivity contribution in [3.05, 3.63) is 431 Å². The molecule has 0 unspecified atom stereocenters. The fraction of sp³-hybridized carbons (Fsp3) is 0. The monoisotopic (exact) mass is 1370 g/mol. The Hall–Kier alpha value is -14.0. The van der Waals surface area contributed by atoms with Crippen LogP contribution in [0.3, 0.4) is 0 Å². The Bertz CT molecular complexity index is 4780. The van der Waals surface area contributed by atoms with Gasteiger partial charge < -0.3 is 0 Å². The van der Waals surface area contributed by atoms with Crippen molar-refractivity contribution in [2.45, 2.75) is 0 Å². The zero-order valence-corrected chi connectivity index (χ0v) is 59.6. The van der Waals surface area contributed by atoms with Crippen LogP contribution in [0.4, 0.5) is 0 Å². The molecule has 0 N–H and O–H groups in total. The molecule has 0 atom stereocenters. The maximum absolute atomic E-state index is 2.34. The first-order valence-electron chi connectivity index (χ1n) is 37.2. The maximum atomic E-state index is 2.34. The molecule has 0 heteroatoms. The van der Waals surface area contributed by atoms with Crippen molar-refractivity contribution in [3.8, 4) is 134 Å². The zero-order valence-electron chi connectivity index (χ0n) is 59.6. The summed E-state index contributed by atoms with van der Waals surface area (Å²) in [6.07, 6.45) is 26.6. The van der Waals surface area contributed by atoms with Gasteiger partial charge in [0.1, 0.15) is 0 Å². The summed E-state index contributed by atoms with van der Waals surface area (Å²) < 4.78 is 0. The van der Waals surface area contributed by atoms with Gasteiger partial charge in [-0.25, -0.2) is 0 Å². The van der Waals surface area contributed by atoms with E-state index in [-0.39, 0.29) is 0 Å². The number of benzene rings is 16. The molecule has 40 aliphatic carbocycles. The lowest BCUT2D eigenvalue weighted by Crippen LogP contribution is -1.87. The standard InChI is InChI=1S/C108H72/c1-2-74-15-39-86(40-16-74)98-63-101-66-102(64-98)90-47-23-78(24-48-90)8-10-82-31-55-94(56-32-82)106-68-104-70-108(72-106)96-59-35-84(36-60-96)12-11-83-33-57-95(58-34-83)107-69-103(67-105(71-107)93-53-29-81(30-54-93)9-7-77-21-45-89(101)46-22-77)91-49-25-79(26-50-91)5-3-75-17-41-87(42-18-75)99-61-97(85-37-13-73(1)14-38-85)62-100(65-99)88-43-19-76(20-44-88)4-6-80-27-51-92(104)52-28-80/h1-72H/b2-1-,5-3-,6-4+,9-7?,10-8-,12-11?. The molecule has 0 radical (unpaired) electrons. The van der Waals surface area contributed by atoms with Gasteiger partial charge in [0.2, 0.25) is 0 Å². The third-order valence-electron chi connectivity index (χ3n) is 21.5. The molecule has 0 aliphatic heterocycles. The second-order valence-corrected chi connectivity index (χ2v) is 28.7. The van der Waals surface area contributed by atoms with E-state index in [4.69, 9.17) is 0 Å². The van der Waals surface area contributed by atoms with Crippen LogP contribution in [0.25, 0.3) is 206 Å². The Kier molecular flexibility index (Phi) is 17.1. The summed E-state index contributed by atoms with van der Waals surface area (Å²) in [6, 6.07) is 136. The molecule has 0 aromatic heterocycles. The van der Waals surface area contributed by atoms with Crippen LogP contribution in [-0.4, -0.2) is 0 Å². The minimum Gasteiger partial charge on any atom is -0.0544 e. The molecule has 40 aliphatic rings. The van der Waals surface area contributed by atoms with Crippen LogP contribution in [0.1, 0.15) is 66.8 Å².